The summed E-state index contributed by atoms with van der Waals surface area (Å²) in [5, 5.41) is 1.71. The molecule has 1 aromatic rings. The number of hydrogen-bond donors (Lipinski definition) is 0. The van der Waals surface area contributed by atoms with Crippen molar-refractivity contribution in [3.8, 4) is 0 Å². The highest BCUT2D eigenvalue weighted by atomic mass is 35.5. The molecular formula is C10H9Cl3. The molecule has 1 aromatic carbocycles. The summed E-state index contributed by atoms with van der Waals surface area (Å²) in [5.41, 5.74) is 2.45. The highest BCUT2D eigenvalue weighted by Gasteiger charge is 2.23. The maximum absolute atomic E-state index is 6.09. The maximum Gasteiger partial charge on any atom is 0.0781 e. The molecule has 0 N–H and O–H groups in total. The van der Waals surface area contributed by atoms with Crippen molar-refractivity contribution in [1.29, 1.82) is 0 Å². The summed E-state index contributed by atoms with van der Waals surface area (Å²) >= 11 is 18.0. The second-order valence-corrected chi connectivity index (χ2v) is 4.66. The zero-order chi connectivity index (χ0) is 9.59. The van der Waals surface area contributed by atoms with Crippen molar-refractivity contribution in [2.45, 2.75) is 25.7 Å². The topological polar surface area (TPSA) is 0 Å². The van der Waals surface area contributed by atoms with Crippen molar-refractivity contribution in [3.63, 3.8) is 0 Å². The van der Waals surface area contributed by atoms with E-state index in [4.69, 9.17) is 34.8 Å². The van der Waals surface area contributed by atoms with Gasteiger partial charge in [0, 0.05) is 0 Å². The van der Waals surface area contributed by atoms with Gasteiger partial charge in [-0.1, -0.05) is 41.7 Å². The van der Waals surface area contributed by atoms with Crippen molar-refractivity contribution in [3.05, 3.63) is 32.3 Å². The van der Waals surface area contributed by atoms with E-state index in [2.05, 4.69) is 6.92 Å². The molecule has 13 heavy (non-hydrogen) atoms. The Kier molecular flexibility index (Phi) is 2.48. The van der Waals surface area contributed by atoms with Crippen LogP contribution in [0.1, 0.15) is 30.4 Å². The summed E-state index contributed by atoms with van der Waals surface area (Å²) in [6, 6.07) is 1.95. The van der Waals surface area contributed by atoms with E-state index >= 15 is 0 Å². The van der Waals surface area contributed by atoms with Crippen LogP contribution in [0.25, 0.3) is 0 Å². The van der Waals surface area contributed by atoms with Gasteiger partial charge in [0.25, 0.3) is 0 Å². The Morgan fingerprint density at radius 3 is 2.62 bits per heavy atom. The quantitative estimate of drug-likeness (QED) is 0.572. The van der Waals surface area contributed by atoms with Gasteiger partial charge in [-0.05, 0) is 36.0 Å². The molecule has 0 spiro atoms. The summed E-state index contributed by atoms with van der Waals surface area (Å²) in [7, 11) is 0. The van der Waals surface area contributed by atoms with Crippen LogP contribution >= 0.6 is 34.8 Å². The third-order valence-corrected chi connectivity index (χ3v) is 3.96. The van der Waals surface area contributed by atoms with Crippen LogP contribution in [-0.4, -0.2) is 0 Å². The maximum atomic E-state index is 6.09. The molecule has 70 valence electrons. The predicted octanol–water partition coefficient (Wildman–Crippen LogP) is 4.70. The highest BCUT2D eigenvalue weighted by molar-refractivity contribution is 6.48. The lowest BCUT2D eigenvalue weighted by Crippen LogP contribution is -1.88. The van der Waals surface area contributed by atoms with Gasteiger partial charge in [-0.25, -0.2) is 0 Å². The van der Waals surface area contributed by atoms with E-state index in [0.717, 1.165) is 12.8 Å². The lowest BCUT2D eigenvalue weighted by atomic mass is 10.0. The first-order valence-corrected chi connectivity index (χ1v) is 5.41. The third-order valence-electron chi connectivity index (χ3n) is 2.66. The van der Waals surface area contributed by atoms with Crippen LogP contribution in [0, 0.1) is 0 Å². The Morgan fingerprint density at radius 2 is 1.92 bits per heavy atom. The number of benzene rings is 1. The monoisotopic (exact) mass is 234 g/mol. The van der Waals surface area contributed by atoms with Crippen molar-refractivity contribution >= 4 is 34.8 Å². The van der Waals surface area contributed by atoms with Gasteiger partial charge < -0.3 is 0 Å². The van der Waals surface area contributed by atoms with Crippen molar-refractivity contribution < 1.29 is 0 Å². The molecule has 1 aliphatic carbocycles. The Labute approximate surface area is 92.8 Å². The van der Waals surface area contributed by atoms with Crippen molar-refractivity contribution in [2.75, 3.05) is 0 Å². The summed E-state index contributed by atoms with van der Waals surface area (Å²) in [6.45, 7) is 2.19. The number of hydrogen-bond acceptors (Lipinski definition) is 0. The first-order chi connectivity index (χ1) is 6.11. The second-order valence-electron chi connectivity index (χ2n) is 3.49. The van der Waals surface area contributed by atoms with Gasteiger partial charge in [0.15, 0.2) is 0 Å². The molecule has 0 radical (unpaired) electrons. The van der Waals surface area contributed by atoms with Gasteiger partial charge in [-0.15, -0.1) is 0 Å². The lowest BCUT2D eigenvalue weighted by molar-refractivity contribution is 0.747. The molecule has 0 aromatic heterocycles. The van der Waals surface area contributed by atoms with Crippen LogP contribution in [0.2, 0.25) is 15.1 Å². The normalized spacial score (nSPS) is 20.5. The molecule has 0 aliphatic heterocycles. The molecule has 1 unspecified atom stereocenters. The van der Waals surface area contributed by atoms with Gasteiger partial charge in [-0.3, -0.25) is 0 Å². The zero-order valence-corrected chi connectivity index (χ0v) is 9.47. The fourth-order valence-corrected chi connectivity index (χ4v) is 2.60. The first-order valence-electron chi connectivity index (χ1n) is 4.27. The van der Waals surface area contributed by atoms with E-state index in [-0.39, 0.29) is 0 Å². The van der Waals surface area contributed by atoms with Gasteiger partial charge >= 0.3 is 0 Å². The van der Waals surface area contributed by atoms with E-state index in [1.54, 1.807) is 0 Å². The summed E-state index contributed by atoms with van der Waals surface area (Å²) in [5.74, 6) is 0.558. The van der Waals surface area contributed by atoms with E-state index in [9.17, 15) is 0 Å². The van der Waals surface area contributed by atoms with E-state index in [1.165, 1.54) is 11.1 Å². The van der Waals surface area contributed by atoms with Crippen LogP contribution in [0.5, 0.6) is 0 Å². The Bertz CT molecular complexity index is 358. The lowest BCUT2D eigenvalue weighted by Gasteiger charge is -2.08. The second kappa shape index (κ2) is 3.34. The molecule has 0 saturated carbocycles. The van der Waals surface area contributed by atoms with Crippen molar-refractivity contribution in [1.82, 2.24) is 0 Å². The van der Waals surface area contributed by atoms with Crippen molar-refractivity contribution in [2.24, 2.45) is 0 Å². The molecule has 2 rings (SSSR count). The van der Waals surface area contributed by atoms with Crippen LogP contribution in [0.3, 0.4) is 0 Å². The van der Waals surface area contributed by atoms with Crippen LogP contribution in [-0.2, 0) is 6.42 Å². The standard InChI is InChI=1S/C10H9Cl3/c1-5-2-3-6-7(5)4-8(11)10(13)9(6)12/h4-5H,2-3H2,1H3. The molecule has 1 aliphatic rings. The summed E-state index contributed by atoms with van der Waals surface area (Å²) < 4.78 is 0. The van der Waals surface area contributed by atoms with Crippen LogP contribution in [0.15, 0.2) is 6.07 Å². The Morgan fingerprint density at radius 1 is 1.23 bits per heavy atom. The summed E-state index contributed by atoms with van der Waals surface area (Å²) in [6.07, 6.45) is 2.16. The number of halogens is 3. The average Bonchev–Trinajstić information content (AvgIpc) is 2.45. The third kappa shape index (κ3) is 1.45. The van der Waals surface area contributed by atoms with E-state index in [0.29, 0.717) is 21.0 Å². The molecule has 0 bridgehead atoms. The van der Waals surface area contributed by atoms with Crippen LogP contribution in [0.4, 0.5) is 0 Å². The molecule has 0 heterocycles. The van der Waals surface area contributed by atoms with E-state index < -0.39 is 0 Å². The number of fused-ring (bicyclic) bond motifs is 1. The fourth-order valence-electron chi connectivity index (χ4n) is 1.86. The number of rotatable bonds is 0. The first kappa shape index (κ1) is 9.64. The Hall–Kier alpha value is 0.0900. The molecule has 1 atom stereocenters. The minimum atomic E-state index is 0.496. The highest BCUT2D eigenvalue weighted by Crippen LogP contribution is 2.43. The average molecular weight is 236 g/mol. The molecule has 0 saturated heterocycles. The van der Waals surface area contributed by atoms with Gasteiger partial charge in [0.1, 0.15) is 0 Å². The molecule has 0 amide bonds. The zero-order valence-electron chi connectivity index (χ0n) is 7.20. The fraction of sp³-hybridized carbons (Fsp3) is 0.400. The van der Waals surface area contributed by atoms with Gasteiger partial charge in [-0.2, -0.15) is 0 Å². The van der Waals surface area contributed by atoms with Gasteiger partial charge in [0.2, 0.25) is 0 Å². The Balaban J connectivity index is 2.67. The predicted molar refractivity (Wildman–Crippen MR) is 58.2 cm³/mol. The molecule has 0 fully saturated rings. The van der Waals surface area contributed by atoms with E-state index in [1.807, 2.05) is 6.07 Å². The SMILES string of the molecule is CC1CCc2c1cc(Cl)c(Cl)c2Cl. The van der Waals surface area contributed by atoms with Gasteiger partial charge in [0.05, 0.1) is 15.1 Å². The molecular weight excluding hydrogens is 226 g/mol. The molecule has 0 nitrogen and oxygen atoms in total. The summed E-state index contributed by atoms with van der Waals surface area (Å²) in [4.78, 5) is 0. The van der Waals surface area contributed by atoms with Crippen LogP contribution < -0.4 is 0 Å². The largest absolute Gasteiger partial charge is 0.0826 e. The smallest absolute Gasteiger partial charge is 0.0781 e. The molecule has 3 heteroatoms. The minimum Gasteiger partial charge on any atom is -0.0826 e. The minimum absolute atomic E-state index is 0.496.